The van der Waals surface area contributed by atoms with Gasteiger partial charge in [0.2, 0.25) is 5.91 Å². The summed E-state index contributed by atoms with van der Waals surface area (Å²) in [5.74, 6) is 0.207. The number of hydrogen-bond donors (Lipinski definition) is 1. The van der Waals surface area contributed by atoms with Crippen LogP contribution in [0.4, 0.5) is 0 Å². The molecule has 0 saturated heterocycles. The highest BCUT2D eigenvalue weighted by Crippen LogP contribution is 2.37. The van der Waals surface area contributed by atoms with Crippen LogP contribution in [0.5, 0.6) is 0 Å². The fraction of sp³-hybridized carbons (Fsp3) is 0.500. The minimum atomic E-state index is -0.171. The lowest BCUT2D eigenvalue weighted by molar-refractivity contribution is -0.120. The van der Waals surface area contributed by atoms with Gasteiger partial charge in [0.1, 0.15) is 0 Å². The predicted octanol–water partition coefficient (Wildman–Crippen LogP) is 2.75. The van der Waals surface area contributed by atoms with Gasteiger partial charge in [0.05, 0.1) is 5.92 Å². The Morgan fingerprint density at radius 1 is 1.25 bits per heavy atom. The Morgan fingerprint density at radius 3 is 2.31 bits per heavy atom. The van der Waals surface area contributed by atoms with Crippen LogP contribution in [0.25, 0.3) is 0 Å². The van der Waals surface area contributed by atoms with Gasteiger partial charge in [-0.3, -0.25) is 4.79 Å². The number of aryl methyl sites for hydroxylation is 1. The Bertz CT molecular complexity index is 363. The molecule has 2 heteroatoms. The Morgan fingerprint density at radius 2 is 1.81 bits per heavy atom. The fourth-order valence-corrected chi connectivity index (χ4v) is 2.73. The molecule has 0 spiro atoms. The maximum Gasteiger partial charge on any atom is 0.225 e. The Labute approximate surface area is 96.8 Å². The third-order valence-electron chi connectivity index (χ3n) is 3.61. The van der Waals surface area contributed by atoms with Crippen molar-refractivity contribution in [2.75, 3.05) is 0 Å². The first kappa shape index (κ1) is 11.2. The molecule has 1 atom stereocenters. The molecule has 1 saturated carbocycles. The van der Waals surface area contributed by atoms with Crippen molar-refractivity contribution in [1.29, 1.82) is 0 Å². The molecular weight excluding hydrogens is 198 g/mol. The third-order valence-corrected chi connectivity index (χ3v) is 3.61. The van der Waals surface area contributed by atoms with Gasteiger partial charge in [0.15, 0.2) is 0 Å². The van der Waals surface area contributed by atoms with E-state index in [1.54, 1.807) is 0 Å². The number of carbonyl (C=O) groups excluding carboxylic acids is 1. The molecule has 1 unspecified atom stereocenters. The highest BCUT2D eigenvalue weighted by Gasteiger charge is 2.30. The van der Waals surface area contributed by atoms with Crippen molar-refractivity contribution in [2.45, 2.75) is 38.5 Å². The van der Waals surface area contributed by atoms with E-state index in [1.165, 1.54) is 18.4 Å². The number of primary amides is 1. The van der Waals surface area contributed by atoms with E-state index in [1.807, 2.05) is 12.1 Å². The number of nitrogens with two attached hydrogens (primary N) is 1. The molecule has 2 N–H and O–H groups in total. The van der Waals surface area contributed by atoms with Crippen LogP contribution in [0.2, 0.25) is 0 Å². The van der Waals surface area contributed by atoms with Crippen molar-refractivity contribution in [1.82, 2.24) is 0 Å². The van der Waals surface area contributed by atoms with Crippen molar-refractivity contribution >= 4 is 5.91 Å². The largest absolute Gasteiger partial charge is 0.369 e. The highest BCUT2D eigenvalue weighted by molar-refractivity contribution is 5.82. The monoisotopic (exact) mass is 217 g/mol. The van der Waals surface area contributed by atoms with Crippen molar-refractivity contribution in [3.05, 3.63) is 35.4 Å². The Hall–Kier alpha value is -1.31. The summed E-state index contributed by atoms with van der Waals surface area (Å²) in [6, 6.07) is 8.20. The minimum Gasteiger partial charge on any atom is -0.369 e. The molecule has 0 heterocycles. The van der Waals surface area contributed by atoms with E-state index < -0.39 is 0 Å². The van der Waals surface area contributed by atoms with Crippen LogP contribution < -0.4 is 5.73 Å². The second-order valence-electron chi connectivity index (χ2n) is 4.84. The van der Waals surface area contributed by atoms with Crippen LogP contribution in [-0.4, -0.2) is 5.91 Å². The lowest BCUT2D eigenvalue weighted by Crippen LogP contribution is -2.26. The number of amides is 1. The summed E-state index contributed by atoms with van der Waals surface area (Å²) < 4.78 is 0. The van der Waals surface area contributed by atoms with E-state index in [2.05, 4.69) is 19.1 Å². The molecule has 0 radical (unpaired) electrons. The van der Waals surface area contributed by atoms with Crippen LogP contribution in [0.1, 0.15) is 42.7 Å². The van der Waals surface area contributed by atoms with E-state index in [0.717, 1.165) is 18.4 Å². The summed E-state index contributed by atoms with van der Waals surface area (Å²) in [6.07, 6.45) is 4.75. The van der Waals surface area contributed by atoms with Crippen LogP contribution in [-0.2, 0) is 4.79 Å². The molecule has 0 bridgehead atoms. The Balaban J connectivity index is 2.24. The third kappa shape index (κ3) is 2.26. The minimum absolute atomic E-state index is 0.0805. The van der Waals surface area contributed by atoms with Gasteiger partial charge in [-0.25, -0.2) is 0 Å². The maximum atomic E-state index is 11.6. The molecule has 2 rings (SSSR count). The lowest BCUT2D eigenvalue weighted by Gasteiger charge is -2.20. The molecule has 2 nitrogen and oxygen atoms in total. The highest BCUT2D eigenvalue weighted by atomic mass is 16.1. The first-order valence-corrected chi connectivity index (χ1v) is 6.04. The van der Waals surface area contributed by atoms with E-state index in [-0.39, 0.29) is 11.8 Å². The predicted molar refractivity (Wildman–Crippen MR) is 65.1 cm³/mol. The number of hydrogen-bond acceptors (Lipinski definition) is 1. The van der Waals surface area contributed by atoms with Gasteiger partial charge >= 0.3 is 0 Å². The quantitative estimate of drug-likeness (QED) is 0.831. The lowest BCUT2D eigenvalue weighted by atomic mass is 9.84. The van der Waals surface area contributed by atoms with Crippen molar-refractivity contribution in [2.24, 2.45) is 11.7 Å². The first-order chi connectivity index (χ1) is 7.68. The van der Waals surface area contributed by atoms with Crippen LogP contribution in [0.15, 0.2) is 24.3 Å². The van der Waals surface area contributed by atoms with Crippen molar-refractivity contribution in [3.8, 4) is 0 Å². The zero-order valence-corrected chi connectivity index (χ0v) is 9.78. The summed E-state index contributed by atoms with van der Waals surface area (Å²) in [4.78, 5) is 11.6. The van der Waals surface area contributed by atoms with E-state index >= 15 is 0 Å². The molecule has 86 valence electrons. The van der Waals surface area contributed by atoms with Crippen LogP contribution in [0, 0.1) is 12.8 Å². The van der Waals surface area contributed by atoms with Gasteiger partial charge < -0.3 is 5.73 Å². The van der Waals surface area contributed by atoms with Crippen molar-refractivity contribution < 1.29 is 4.79 Å². The zero-order chi connectivity index (χ0) is 11.5. The smallest absolute Gasteiger partial charge is 0.225 e. The Kier molecular flexibility index (Phi) is 3.28. The van der Waals surface area contributed by atoms with Gasteiger partial charge in [-0.2, -0.15) is 0 Å². The molecule has 1 amide bonds. The summed E-state index contributed by atoms with van der Waals surface area (Å²) in [6.45, 7) is 2.05. The fourth-order valence-electron chi connectivity index (χ4n) is 2.73. The van der Waals surface area contributed by atoms with E-state index in [4.69, 9.17) is 5.73 Å². The topological polar surface area (TPSA) is 43.1 Å². The van der Waals surface area contributed by atoms with Crippen LogP contribution in [0.3, 0.4) is 0 Å². The average Bonchev–Trinajstić information content (AvgIpc) is 2.74. The number of carbonyl (C=O) groups is 1. The van der Waals surface area contributed by atoms with Gasteiger partial charge in [-0.05, 0) is 31.2 Å². The molecule has 0 aliphatic heterocycles. The molecule has 1 fully saturated rings. The van der Waals surface area contributed by atoms with Crippen molar-refractivity contribution in [3.63, 3.8) is 0 Å². The molecule has 1 aliphatic carbocycles. The maximum absolute atomic E-state index is 11.6. The second kappa shape index (κ2) is 4.69. The zero-order valence-electron chi connectivity index (χ0n) is 9.78. The number of benzene rings is 1. The van der Waals surface area contributed by atoms with Gasteiger partial charge in [0, 0.05) is 0 Å². The van der Waals surface area contributed by atoms with Gasteiger partial charge in [0.25, 0.3) is 0 Å². The molecule has 1 aliphatic rings. The summed E-state index contributed by atoms with van der Waals surface area (Å²) in [5, 5.41) is 0. The van der Waals surface area contributed by atoms with E-state index in [0.29, 0.717) is 5.92 Å². The molecule has 16 heavy (non-hydrogen) atoms. The van der Waals surface area contributed by atoms with Gasteiger partial charge in [-0.1, -0.05) is 42.7 Å². The standard InChI is InChI=1S/C14H19NO/c1-10-6-8-12(9-7-10)13(14(15)16)11-4-2-3-5-11/h6-9,11,13H,2-5H2,1H3,(H2,15,16). The molecule has 1 aromatic rings. The normalized spacial score (nSPS) is 18.6. The van der Waals surface area contributed by atoms with Gasteiger partial charge in [-0.15, -0.1) is 0 Å². The van der Waals surface area contributed by atoms with E-state index in [9.17, 15) is 4.79 Å². The number of rotatable bonds is 3. The summed E-state index contributed by atoms with van der Waals surface area (Å²) >= 11 is 0. The average molecular weight is 217 g/mol. The summed E-state index contributed by atoms with van der Waals surface area (Å²) in [5.41, 5.74) is 7.86. The molecular formula is C14H19NO. The second-order valence-corrected chi connectivity index (χ2v) is 4.84. The molecule has 0 aromatic heterocycles. The van der Waals surface area contributed by atoms with Crippen LogP contribution >= 0.6 is 0 Å². The first-order valence-electron chi connectivity index (χ1n) is 6.04. The SMILES string of the molecule is Cc1ccc(C(C(N)=O)C2CCCC2)cc1. The molecule has 1 aromatic carbocycles. The summed E-state index contributed by atoms with van der Waals surface area (Å²) in [7, 11) is 0.